The van der Waals surface area contributed by atoms with Crippen molar-refractivity contribution in [2.45, 2.75) is 57.7 Å². The van der Waals surface area contributed by atoms with Crippen LogP contribution in [0, 0.1) is 5.92 Å². The predicted molar refractivity (Wildman–Crippen MR) is 90.1 cm³/mol. The Hall–Kier alpha value is -0.933. The number of carbonyl (C=O) groups is 1. The van der Waals surface area contributed by atoms with E-state index in [9.17, 15) is 4.79 Å². The van der Waals surface area contributed by atoms with E-state index in [1.807, 2.05) is 6.07 Å². The van der Waals surface area contributed by atoms with Gasteiger partial charge in [0.1, 0.15) is 5.78 Å². The molecular weight excluding hydrogens is 276 g/mol. The van der Waals surface area contributed by atoms with E-state index in [0.717, 1.165) is 6.61 Å². The van der Waals surface area contributed by atoms with Crippen LogP contribution in [0.2, 0.25) is 18.1 Å². The Morgan fingerprint density at radius 3 is 2.33 bits per heavy atom. The Balaban J connectivity index is 2.06. The van der Waals surface area contributed by atoms with E-state index in [1.54, 1.807) is 0 Å². The summed E-state index contributed by atoms with van der Waals surface area (Å²) in [5.74, 6) is 1.06. The molecule has 0 radical (unpaired) electrons. The monoisotopic (exact) mass is 304 g/mol. The molecule has 0 heterocycles. The van der Waals surface area contributed by atoms with Gasteiger partial charge in [-0.3, -0.25) is 4.79 Å². The standard InChI is InChI=1S/C18H28O2Si/c1-18(2,3)21(4,5)20-13-15-11-16(19)12-17(15)14-9-7-6-8-10-14/h6-10,15,17H,11-13H2,1-5H3/t15-,17-/m1/s1. The van der Waals surface area contributed by atoms with Gasteiger partial charge in [-0.2, -0.15) is 0 Å². The highest BCUT2D eigenvalue weighted by Crippen LogP contribution is 2.41. The second kappa shape index (κ2) is 6.05. The fraction of sp³-hybridized carbons (Fsp3) is 0.611. The lowest BCUT2D eigenvalue weighted by atomic mass is 9.89. The molecule has 3 heteroatoms. The molecule has 1 aliphatic carbocycles. The van der Waals surface area contributed by atoms with Crippen molar-refractivity contribution >= 4 is 14.1 Å². The number of carbonyl (C=O) groups excluding carboxylic acids is 1. The van der Waals surface area contributed by atoms with Gasteiger partial charge >= 0.3 is 0 Å². The zero-order valence-corrected chi connectivity index (χ0v) is 15.0. The summed E-state index contributed by atoms with van der Waals surface area (Å²) in [6.45, 7) is 12.1. The third-order valence-electron chi connectivity index (χ3n) is 5.20. The summed E-state index contributed by atoms with van der Waals surface area (Å²) in [5.41, 5.74) is 1.28. The first kappa shape index (κ1) is 16.4. The van der Waals surface area contributed by atoms with Crippen molar-refractivity contribution in [3.05, 3.63) is 35.9 Å². The maximum Gasteiger partial charge on any atom is 0.191 e. The van der Waals surface area contributed by atoms with E-state index >= 15 is 0 Å². The molecule has 0 unspecified atom stereocenters. The third-order valence-corrected chi connectivity index (χ3v) is 9.70. The summed E-state index contributed by atoms with van der Waals surface area (Å²) in [7, 11) is -1.74. The lowest BCUT2D eigenvalue weighted by molar-refractivity contribution is -0.117. The number of rotatable bonds is 4. The summed E-state index contributed by atoms with van der Waals surface area (Å²) in [6.07, 6.45) is 1.35. The average molecular weight is 305 g/mol. The van der Waals surface area contributed by atoms with Crippen LogP contribution in [0.3, 0.4) is 0 Å². The summed E-state index contributed by atoms with van der Waals surface area (Å²) in [6, 6.07) is 10.4. The van der Waals surface area contributed by atoms with E-state index < -0.39 is 8.32 Å². The largest absolute Gasteiger partial charge is 0.417 e. The zero-order chi connectivity index (χ0) is 15.7. The van der Waals surface area contributed by atoms with Gasteiger partial charge in [0.2, 0.25) is 0 Å². The zero-order valence-electron chi connectivity index (χ0n) is 14.0. The SMILES string of the molecule is CC(C)(C)[Si](C)(C)OC[C@H]1CC(=O)C[C@@H]1c1ccccc1. The Kier molecular flexibility index (Phi) is 4.74. The highest BCUT2D eigenvalue weighted by molar-refractivity contribution is 6.74. The third kappa shape index (κ3) is 3.83. The normalized spacial score (nSPS) is 23.6. The minimum atomic E-state index is -1.74. The Morgan fingerprint density at radius 2 is 1.76 bits per heavy atom. The topological polar surface area (TPSA) is 26.3 Å². The van der Waals surface area contributed by atoms with Crippen LogP contribution in [0.25, 0.3) is 0 Å². The van der Waals surface area contributed by atoms with Gasteiger partial charge in [0.25, 0.3) is 0 Å². The van der Waals surface area contributed by atoms with Crippen molar-refractivity contribution in [1.82, 2.24) is 0 Å². The van der Waals surface area contributed by atoms with Gasteiger partial charge in [0, 0.05) is 19.4 Å². The molecule has 1 fully saturated rings. The van der Waals surface area contributed by atoms with E-state index in [1.165, 1.54) is 5.56 Å². The van der Waals surface area contributed by atoms with Gasteiger partial charge in [-0.1, -0.05) is 51.1 Å². The maximum absolute atomic E-state index is 11.9. The van der Waals surface area contributed by atoms with Gasteiger partial charge in [0.05, 0.1) is 0 Å². The molecule has 0 aromatic heterocycles. The Bertz CT molecular complexity index is 488. The molecular formula is C18H28O2Si. The van der Waals surface area contributed by atoms with Gasteiger partial charge < -0.3 is 4.43 Å². The molecule has 1 aromatic rings. The van der Waals surface area contributed by atoms with E-state index in [4.69, 9.17) is 4.43 Å². The van der Waals surface area contributed by atoms with Gasteiger partial charge in [0.15, 0.2) is 8.32 Å². The molecule has 2 rings (SSSR count). The molecule has 0 spiro atoms. The number of benzene rings is 1. The molecule has 2 atom stereocenters. The van der Waals surface area contributed by atoms with Crippen molar-refractivity contribution < 1.29 is 9.22 Å². The van der Waals surface area contributed by atoms with Crippen molar-refractivity contribution in [3.8, 4) is 0 Å². The summed E-state index contributed by atoms with van der Waals surface area (Å²) >= 11 is 0. The number of hydrogen-bond acceptors (Lipinski definition) is 2. The van der Waals surface area contributed by atoms with Crippen LogP contribution in [0.5, 0.6) is 0 Å². The fourth-order valence-electron chi connectivity index (χ4n) is 2.73. The first-order chi connectivity index (χ1) is 9.71. The van der Waals surface area contributed by atoms with Gasteiger partial charge in [-0.05, 0) is 35.5 Å². The molecule has 0 aliphatic heterocycles. The minimum Gasteiger partial charge on any atom is -0.417 e. The number of Topliss-reactive ketones (excluding diaryl/α,β-unsaturated/α-hetero) is 1. The first-order valence-corrected chi connectivity index (χ1v) is 10.8. The average Bonchev–Trinajstić information content (AvgIpc) is 2.77. The van der Waals surface area contributed by atoms with E-state index in [-0.39, 0.29) is 5.04 Å². The number of ketones is 1. The van der Waals surface area contributed by atoms with Crippen LogP contribution in [-0.2, 0) is 9.22 Å². The van der Waals surface area contributed by atoms with Crippen molar-refractivity contribution in [3.63, 3.8) is 0 Å². The van der Waals surface area contributed by atoms with Crippen LogP contribution in [0.4, 0.5) is 0 Å². The lowest BCUT2D eigenvalue weighted by Crippen LogP contribution is -2.42. The van der Waals surface area contributed by atoms with E-state index in [0.29, 0.717) is 30.5 Å². The number of hydrogen-bond donors (Lipinski definition) is 0. The minimum absolute atomic E-state index is 0.220. The predicted octanol–water partition coefficient (Wildman–Crippen LogP) is 4.77. The summed E-state index contributed by atoms with van der Waals surface area (Å²) < 4.78 is 6.36. The fourth-order valence-corrected chi connectivity index (χ4v) is 3.79. The second-order valence-electron chi connectivity index (χ2n) is 7.80. The first-order valence-electron chi connectivity index (χ1n) is 7.91. The van der Waals surface area contributed by atoms with Crippen LogP contribution in [0.1, 0.15) is 45.1 Å². The maximum atomic E-state index is 11.9. The van der Waals surface area contributed by atoms with Gasteiger partial charge in [-0.25, -0.2) is 0 Å². The molecule has 0 N–H and O–H groups in total. The van der Waals surface area contributed by atoms with Crippen LogP contribution >= 0.6 is 0 Å². The highest BCUT2D eigenvalue weighted by atomic mass is 28.4. The molecule has 0 saturated heterocycles. The summed E-state index contributed by atoms with van der Waals surface area (Å²) in [5, 5.41) is 0.220. The van der Waals surface area contributed by atoms with Crippen LogP contribution in [-0.4, -0.2) is 20.7 Å². The van der Waals surface area contributed by atoms with Gasteiger partial charge in [-0.15, -0.1) is 0 Å². The van der Waals surface area contributed by atoms with Crippen LogP contribution < -0.4 is 0 Å². The molecule has 0 bridgehead atoms. The van der Waals surface area contributed by atoms with Crippen molar-refractivity contribution in [2.75, 3.05) is 6.61 Å². The van der Waals surface area contributed by atoms with Crippen LogP contribution in [0.15, 0.2) is 30.3 Å². The summed E-state index contributed by atoms with van der Waals surface area (Å²) in [4.78, 5) is 11.9. The highest BCUT2D eigenvalue weighted by Gasteiger charge is 2.40. The Morgan fingerprint density at radius 1 is 1.14 bits per heavy atom. The Labute approximate surface area is 130 Å². The van der Waals surface area contributed by atoms with Crippen molar-refractivity contribution in [1.29, 1.82) is 0 Å². The lowest BCUT2D eigenvalue weighted by Gasteiger charge is -2.37. The molecule has 1 saturated carbocycles. The molecule has 1 aliphatic rings. The molecule has 116 valence electrons. The molecule has 0 amide bonds. The molecule has 2 nitrogen and oxygen atoms in total. The van der Waals surface area contributed by atoms with E-state index in [2.05, 4.69) is 58.1 Å². The van der Waals surface area contributed by atoms with Crippen molar-refractivity contribution in [2.24, 2.45) is 5.92 Å². The second-order valence-corrected chi connectivity index (χ2v) is 12.6. The molecule has 21 heavy (non-hydrogen) atoms. The smallest absolute Gasteiger partial charge is 0.191 e. The quantitative estimate of drug-likeness (QED) is 0.749. The molecule has 1 aromatic carbocycles.